The summed E-state index contributed by atoms with van der Waals surface area (Å²) in [4.78, 5) is 21.4. The molecule has 2 heterocycles. The second-order valence-corrected chi connectivity index (χ2v) is 7.84. The number of nitrogens with zero attached hydrogens (tertiary/aromatic N) is 2. The fourth-order valence-corrected chi connectivity index (χ4v) is 3.74. The fourth-order valence-electron chi connectivity index (χ4n) is 3.74. The number of pyridine rings is 2. The monoisotopic (exact) mass is 425 g/mol. The molecule has 2 amide bonds. The van der Waals surface area contributed by atoms with Gasteiger partial charge in [-0.3, -0.25) is 4.98 Å². The van der Waals surface area contributed by atoms with Gasteiger partial charge in [-0.25, -0.2) is 9.78 Å². The van der Waals surface area contributed by atoms with Crippen LogP contribution in [0, 0.1) is 0 Å². The third kappa shape index (κ3) is 4.05. The van der Waals surface area contributed by atoms with Crippen LogP contribution in [0.2, 0.25) is 0 Å². The van der Waals surface area contributed by atoms with Crippen molar-refractivity contribution in [3.05, 3.63) is 72.6 Å². The number of aromatic nitrogens is 2. The maximum Gasteiger partial charge on any atom is 0.323 e. The summed E-state index contributed by atoms with van der Waals surface area (Å²) in [6.45, 7) is 0. The van der Waals surface area contributed by atoms with E-state index in [1.165, 1.54) is 12.8 Å². The Bertz CT molecular complexity index is 1280. The van der Waals surface area contributed by atoms with Gasteiger partial charge < -0.3 is 21.1 Å². The van der Waals surface area contributed by atoms with Crippen molar-refractivity contribution in [1.82, 2.24) is 9.97 Å². The minimum absolute atomic E-state index is 0.318. The molecule has 0 saturated heterocycles. The molecule has 0 aliphatic heterocycles. The van der Waals surface area contributed by atoms with Crippen LogP contribution in [0.5, 0.6) is 5.75 Å². The SMILES string of the molecule is COc1ccc(NC(=O)Nc2ccc(-c3cc(C4CC4)nc4ccnc(N)c34)cc2)cc1. The van der Waals surface area contributed by atoms with E-state index >= 15 is 0 Å². The standard InChI is InChI=1S/C25H23N5O2/c1-32-19-10-8-18(9-11-19)29-25(31)28-17-6-4-15(5-7-17)20-14-22(16-2-3-16)30-21-12-13-27-24(26)23(20)21/h4-14,16H,2-3H2,1H3,(H2,26,27)(H2,28,29,31). The molecule has 0 atom stereocenters. The lowest BCUT2D eigenvalue weighted by Gasteiger charge is -2.12. The number of anilines is 3. The topological polar surface area (TPSA) is 102 Å². The highest BCUT2D eigenvalue weighted by molar-refractivity contribution is 6.02. The van der Waals surface area contributed by atoms with Gasteiger partial charge in [0.2, 0.25) is 0 Å². The summed E-state index contributed by atoms with van der Waals surface area (Å²) in [5.41, 5.74) is 11.5. The predicted octanol–water partition coefficient (Wildman–Crippen LogP) is 5.41. The average molecular weight is 425 g/mol. The van der Waals surface area contributed by atoms with Gasteiger partial charge >= 0.3 is 6.03 Å². The van der Waals surface area contributed by atoms with Gasteiger partial charge in [0.1, 0.15) is 11.6 Å². The Kier molecular flexibility index (Phi) is 5.07. The lowest BCUT2D eigenvalue weighted by atomic mass is 9.99. The van der Waals surface area contributed by atoms with Gasteiger partial charge in [0, 0.05) is 29.2 Å². The molecule has 0 bridgehead atoms. The van der Waals surface area contributed by atoms with Crippen molar-refractivity contribution in [3.63, 3.8) is 0 Å². The van der Waals surface area contributed by atoms with E-state index in [1.807, 2.05) is 30.3 Å². The highest BCUT2D eigenvalue weighted by Gasteiger charge is 2.26. The third-order valence-corrected chi connectivity index (χ3v) is 5.57. The summed E-state index contributed by atoms with van der Waals surface area (Å²) in [6.07, 6.45) is 4.04. The number of fused-ring (bicyclic) bond motifs is 1. The number of nitrogens with two attached hydrogens (primary N) is 1. The molecular formula is C25H23N5O2. The van der Waals surface area contributed by atoms with Crippen molar-refractivity contribution in [3.8, 4) is 16.9 Å². The summed E-state index contributed by atoms with van der Waals surface area (Å²) >= 11 is 0. The first-order valence-electron chi connectivity index (χ1n) is 10.5. The number of nitrogens with one attached hydrogen (secondary N) is 2. The predicted molar refractivity (Wildman–Crippen MR) is 127 cm³/mol. The van der Waals surface area contributed by atoms with Gasteiger partial charge in [-0.1, -0.05) is 12.1 Å². The first-order chi connectivity index (χ1) is 15.6. The molecule has 2 aromatic heterocycles. The molecule has 1 saturated carbocycles. The minimum atomic E-state index is -0.318. The van der Waals surface area contributed by atoms with Crippen LogP contribution >= 0.6 is 0 Å². The third-order valence-electron chi connectivity index (χ3n) is 5.57. The van der Waals surface area contributed by atoms with Crippen molar-refractivity contribution >= 4 is 34.1 Å². The number of urea groups is 1. The first kappa shape index (κ1) is 19.8. The molecule has 7 heteroatoms. The molecule has 0 spiro atoms. The van der Waals surface area contributed by atoms with Crippen molar-refractivity contribution in [2.75, 3.05) is 23.5 Å². The van der Waals surface area contributed by atoms with Crippen LogP contribution in [0.3, 0.4) is 0 Å². The number of carbonyl (C=O) groups excluding carboxylic acids is 1. The van der Waals surface area contributed by atoms with Crippen LogP contribution in [-0.2, 0) is 0 Å². The number of benzene rings is 2. The van der Waals surface area contributed by atoms with E-state index in [4.69, 9.17) is 15.5 Å². The first-order valence-corrected chi connectivity index (χ1v) is 10.5. The number of carbonyl (C=O) groups is 1. The maximum absolute atomic E-state index is 12.4. The molecule has 0 radical (unpaired) electrons. The molecule has 7 nitrogen and oxygen atoms in total. The van der Waals surface area contributed by atoms with Gasteiger partial charge in [-0.05, 0) is 72.5 Å². The van der Waals surface area contributed by atoms with Crippen molar-refractivity contribution < 1.29 is 9.53 Å². The second-order valence-electron chi connectivity index (χ2n) is 7.84. The fraction of sp³-hybridized carbons (Fsp3) is 0.160. The van der Waals surface area contributed by atoms with E-state index in [2.05, 4.69) is 21.7 Å². The van der Waals surface area contributed by atoms with Gasteiger partial charge in [0.05, 0.1) is 18.0 Å². The minimum Gasteiger partial charge on any atom is -0.497 e. The van der Waals surface area contributed by atoms with Crippen molar-refractivity contribution in [2.45, 2.75) is 18.8 Å². The average Bonchev–Trinajstić information content (AvgIpc) is 3.65. The van der Waals surface area contributed by atoms with Gasteiger partial charge in [-0.15, -0.1) is 0 Å². The number of amides is 2. The Hall–Kier alpha value is -4.13. The van der Waals surface area contributed by atoms with Gasteiger partial charge in [0.25, 0.3) is 0 Å². The number of methoxy groups -OCH3 is 1. The van der Waals surface area contributed by atoms with Crippen LogP contribution in [0.25, 0.3) is 22.0 Å². The molecule has 0 unspecified atom stereocenters. The smallest absolute Gasteiger partial charge is 0.323 e. The molecule has 1 aliphatic carbocycles. The zero-order valence-corrected chi connectivity index (χ0v) is 17.6. The van der Waals surface area contributed by atoms with Crippen LogP contribution in [0.1, 0.15) is 24.5 Å². The molecule has 1 aliphatic rings. The molecule has 5 rings (SSSR count). The Morgan fingerprint density at radius 2 is 1.66 bits per heavy atom. The Balaban J connectivity index is 1.37. The van der Waals surface area contributed by atoms with E-state index < -0.39 is 0 Å². The molecule has 1 fully saturated rings. The Labute approximate surface area is 185 Å². The number of hydrogen-bond donors (Lipinski definition) is 3. The summed E-state index contributed by atoms with van der Waals surface area (Å²) in [6, 6.07) is 18.6. The zero-order chi connectivity index (χ0) is 22.1. The highest BCUT2D eigenvalue weighted by atomic mass is 16.5. The largest absolute Gasteiger partial charge is 0.497 e. The number of nitrogen functional groups attached to an aromatic ring is 1. The second kappa shape index (κ2) is 8.19. The molecule has 32 heavy (non-hydrogen) atoms. The molecule has 2 aromatic carbocycles. The van der Waals surface area contributed by atoms with E-state index in [-0.39, 0.29) is 6.03 Å². The molecular weight excluding hydrogens is 402 g/mol. The Morgan fingerprint density at radius 1 is 1.00 bits per heavy atom. The van der Waals surface area contributed by atoms with E-state index in [9.17, 15) is 4.79 Å². The molecule has 4 N–H and O–H groups in total. The van der Waals surface area contributed by atoms with Gasteiger partial charge in [0.15, 0.2) is 0 Å². The zero-order valence-electron chi connectivity index (χ0n) is 17.6. The lowest BCUT2D eigenvalue weighted by molar-refractivity contribution is 0.262. The van der Waals surface area contributed by atoms with E-state index in [0.29, 0.717) is 23.1 Å². The molecule has 4 aromatic rings. The Morgan fingerprint density at radius 3 is 2.28 bits per heavy atom. The summed E-state index contributed by atoms with van der Waals surface area (Å²) < 4.78 is 5.13. The molecule has 160 valence electrons. The number of ether oxygens (including phenoxy) is 1. The normalized spacial score (nSPS) is 13.0. The quantitative estimate of drug-likeness (QED) is 0.397. The van der Waals surface area contributed by atoms with E-state index in [1.54, 1.807) is 37.6 Å². The maximum atomic E-state index is 12.4. The van der Waals surface area contributed by atoms with Crippen molar-refractivity contribution in [1.29, 1.82) is 0 Å². The van der Waals surface area contributed by atoms with Crippen molar-refractivity contribution in [2.24, 2.45) is 0 Å². The highest BCUT2D eigenvalue weighted by Crippen LogP contribution is 2.42. The number of rotatable bonds is 5. The lowest BCUT2D eigenvalue weighted by Crippen LogP contribution is -2.19. The van der Waals surface area contributed by atoms with Crippen LogP contribution in [0.4, 0.5) is 22.0 Å². The summed E-state index contributed by atoms with van der Waals surface area (Å²) in [5.74, 6) is 1.72. The summed E-state index contributed by atoms with van der Waals surface area (Å²) in [5, 5.41) is 6.52. The summed E-state index contributed by atoms with van der Waals surface area (Å²) in [7, 11) is 1.60. The van der Waals surface area contributed by atoms with E-state index in [0.717, 1.165) is 33.5 Å². The van der Waals surface area contributed by atoms with Gasteiger partial charge in [-0.2, -0.15) is 0 Å². The van der Waals surface area contributed by atoms with Crippen LogP contribution in [0.15, 0.2) is 66.9 Å². The number of hydrogen-bond acceptors (Lipinski definition) is 5. The van der Waals surface area contributed by atoms with Crippen LogP contribution in [-0.4, -0.2) is 23.1 Å². The van der Waals surface area contributed by atoms with Crippen LogP contribution < -0.4 is 21.1 Å².